The maximum atomic E-state index is 12.0. The van der Waals surface area contributed by atoms with Gasteiger partial charge in [-0.1, -0.05) is 24.3 Å². The number of rotatable bonds is 8. The second-order valence-corrected chi connectivity index (χ2v) is 7.77. The standard InChI is InChI=1S/C27H26N2O4/c1-3-32-26(30)15-12-22-11-14-24(19-6-8-20(9-7-19)25-5-4-16-33-25)29(22)23-13-10-21(27(28)31)17-18(23)2/h4-11,13-14,16-17H,3,12,15H2,1-2H3,(H2,28,31). The Hall–Kier alpha value is -4.06. The number of benzene rings is 2. The molecule has 6 nitrogen and oxygen atoms in total. The molecular formula is C27H26N2O4. The number of nitrogens with two attached hydrogens (primary N) is 1. The highest BCUT2D eigenvalue weighted by molar-refractivity contribution is 5.93. The van der Waals surface area contributed by atoms with Crippen LogP contribution in [-0.2, 0) is 16.0 Å². The number of hydrogen-bond donors (Lipinski definition) is 1. The number of esters is 1. The van der Waals surface area contributed by atoms with Crippen molar-refractivity contribution in [1.82, 2.24) is 4.57 Å². The number of nitrogens with zero attached hydrogens (tertiary/aromatic N) is 1. The molecular weight excluding hydrogens is 416 g/mol. The molecule has 0 radical (unpaired) electrons. The van der Waals surface area contributed by atoms with Crippen LogP contribution in [-0.4, -0.2) is 23.1 Å². The Morgan fingerprint density at radius 2 is 1.76 bits per heavy atom. The Balaban J connectivity index is 1.76. The molecule has 0 aliphatic heterocycles. The van der Waals surface area contributed by atoms with Gasteiger partial charge in [0.05, 0.1) is 25.0 Å². The summed E-state index contributed by atoms with van der Waals surface area (Å²) in [6, 6.07) is 21.4. The lowest BCUT2D eigenvalue weighted by Gasteiger charge is -2.17. The van der Waals surface area contributed by atoms with Crippen LogP contribution >= 0.6 is 0 Å². The van der Waals surface area contributed by atoms with Gasteiger partial charge in [0.25, 0.3) is 0 Å². The highest BCUT2D eigenvalue weighted by atomic mass is 16.5. The van der Waals surface area contributed by atoms with E-state index in [1.807, 2.05) is 61.5 Å². The predicted octanol–water partition coefficient (Wildman–Crippen LogP) is 5.31. The van der Waals surface area contributed by atoms with E-state index < -0.39 is 5.91 Å². The topological polar surface area (TPSA) is 87.5 Å². The van der Waals surface area contributed by atoms with Crippen molar-refractivity contribution in [2.45, 2.75) is 26.7 Å². The lowest BCUT2D eigenvalue weighted by atomic mass is 10.1. The molecule has 1 amide bonds. The predicted molar refractivity (Wildman–Crippen MR) is 127 cm³/mol. The summed E-state index contributed by atoms with van der Waals surface area (Å²) in [6.07, 6.45) is 2.47. The van der Waals surface area contributed by atoms with Crippen LogP contribution in [0.1, 0.15) is 35.0 Å². The van der Waals surface area contributed by atoms with Crippen LogP contribution < -0.4 is 5.73 Å². The van der Waals surface area contributed by atoms with Crippen molar-refractivity contribution >= 4 is 11.9 Å². The van der Waals surface area contributed by atoms with Gasteiger partial charge >= 0.3 is 5.97 Å². The minimum absolute atomic E-state index is 0.226. The minimum atomic E-state index is -0.464. The number of carbonyl (C=O) groups excluding carboxylic acids is 2. The molecule has 4 aromatic rings. The fourth-order valence-corrected chi connectivity index (χ4v) is 3.95. The van der Waals surface area contributed by atoms with Crippen LogP contribution in [0.25, 0.3) is 28.3 Å². The normalized spacial score (nSPS) is 10.8. The molecule has 0 saturated carbocycles. The van der Waals surface area contributed by atoms with Gasteiger partial charge < -0.3 is 19.5 Å². The zero-order valence-electron chi connectivity index (χ0n) is 18.7. The molecule has 4 rings (SSSR count). The quantitative estimate of drug-likeness (QED) is 0.375. The summed E-state index contributed by atoms with van der Waals surface area (Å²) >= 11 is 0. The Kier molecular flexibility index (Phi) is 6.45. The monoisotopic (exact) mass is 442 g/mol. The fraction of sp³-hybridized carbons (Fsp3) is 0.185. The lowest BCUT2D eigenvalue weighted by Crippen LogP contribution is -2.12. The summed E-state index contributed by atoms with van der Waals surface area (Å²) in [7, 11) is 0. The van der Waals surface area contributed by atoms with Crippen molar-refractivity contribution in [3.05, 3.63) is 89.8 Å². The van der Waals surface area contributed by atoms with E-state index in [0.717, 1.165) is 39.5 Å². The Morgan fingerprint density at radius 3 is 2.39 bits per heavy atom. The maximum absolute atomic E-state index is 12.0. The molecule has 2 aromatic carbocycles. The van der Waals surface area contributed by atoms with Gasteiger partial charge in [-0.2, -0.15) is 0 Å². The first-order valence-corrected chi connectivity index (χ1v) is 10.9. The molecule has 0 spiro atoms. The third kappa shape index (κ3) is 4.75. The molecule has 0 unspecified atom stereocenters. The second-order valence-electron chi connectivity index (χ2n) is 7.77. The van der Waals surface area contributed by atoms with Crippen LogP contribution in [0.2, 0.25) is 0 Å². The number of aromatic nitrogens is 1. The third-order valence-corrected chi connectivity index (χ3v) is 5.56. The number of primary amides is 1. The summed E-state index contributed by atoms with van der Waals surface area (Å²) in [6.45, 7) is 4.11. The van der Waals surface area contributed by atoms with Gasteiger partial charge in [0.2, 0.25) is 5.91 Å². The van der Waals surface area contributed by atoms with Gasteiger partial charge in [-0.25, -0.2) is 0 Å². The molecule has 2 heterocycles. The number of amides is 1. The molecule has 0 aliphatic rings. The lowest BCUT2D eigenvalue weighted by molar-refractivity contribution is -0.143. The zero-order chi connectivity index (χ0) is 23.4. The van der Waals surface area contributed by atoms with Crippen molar-refractivity contribution < 1.29 is 18.7 Å². The number of furan rings is 1. The Morgan fingerprint density at radius 1 is 1.00 bits per heavy atom. The molecule has 0 saturated heterocycles. The largest absolute Gasteiger partial charge is 0.466 e. The summed E-state index contributed by atoms with van der Waals surface area (Å²) in [5.41, 5.74) is 11.7. The molecule has 6 heteroatoms. The van der Waals surface area contributed by atoms with E-state index in [9.17, 15) is 9.59 Å². The van der Waals surface area contributed by atoms with Gasteiger partial charge in [0.15, 0.2) is 0 Å². The third-order valence-electron chi connectivity index (χ3n) is 5.56. The smallest absolute Gasteiger partial charge is 0.306 e. The molecule has 33 heavy (non-hydrogen) atoms. The molecule has 0 bridgehead atoms. The summed E-state index contributed by atoms with van der Waals surface area (Å²) in [5.74, 6) is 0.119. The average molecular weight is 443 g/mol. The molecule has 0 aliphatic carbocycles. The minimum Gasteiger partial charge on any atom is -0.466 e. The second kappa shape index (κ2) is 9.61. The average Bonchev–Trinajstić information content (AvgIpc) is 3.48. The fourth-order valence-electron chi connectivity index (χ4n) is 3.95. The van der Waals surface area contributed by atoms with Crippen molar-refractivity contribution in [3.8, 4) is 28.3 Å². The number of ether oxygens (including phenoxy) is 1. The van der Waals surface area contributed by atoms with E-state index in [1.54, 1.807) is 25.3 Å². The van der Waals surface area contributed by atoms with Crippen molar-refractivity contribution in [3.63, 3.8) is 0 Å². The highest BCUT2D eigenvalue weighted by Crippen LogP contribution is 2.31. The van der Waals surface area contributed by atoms with E-state index in [1.165, 1.54) is 0 Å². The van der Waals surface area contributed by atoms with E-state index in [-0.39, 0.29) is 12.4 Å². The van der Waals surface area contributed by atoms with Gasteiger partial charge in [-0.15, -0.1) is 0 Å². The van der Waals surface area contributed by atoms with E-state index in [2.05, 4.69) is 4.57 Å². The maximum Gasteiger partial charge on any atom is 0.306 e. The molecule has 0 atom stereocenters. The van der Waals surface area contributed by atoms with Gasteiger partial charge in [-0.3, -0.25) is 9.59 Å². The molecule has 168 valence electrons. The molecule has 2 N–H and O–H groups in total. The van der Waals surface area contributed by atoms with Crippen LogP contribution in [0, 0.1) is 6.92 Å². The first-order valence-electron chi connectivity index (χ1n) is 10.9. The molecule has 2 aromatic heterocycles. The van der Waals surface area contributed by atoms with Gasteiger partial charge in [0, 0.05) is 22.5 Å². The zero-order valence-corrected chi connectivity index (χ0v) is 18.7. The van der Waals surface area contributed by atoms with E-state index >= 15 is 0 Å². The number of aryl methyl sites for hydroxylation is 2. The van der Waals surface area contributed by atoms with Crippen molar-refractivity contribution in [2.75, 3.05) is 6.61 Å². The summed E-state index contributed by atoms with van der Waals surface area (Å²) in [5, 5.41) is 0. The first-order chi connectivity index (χ1) is 16.0. The van der Waals surface area contributed by atoms with Crippen LogP contribution in [0.4, 0.5) is 0 Å². The van der Waals surface area contributed by atoms with Gasteiger partial charge in [0.1, 0.15) is 5.76 Å². The van der Waals surface area contributed by atoms with Crippen LogP contribution in [0.5, 0.6) is 0 Å². The Bertz CT molecular complexity index is 1270. The number of hydrogen-bond acceptors (Lipinski definition) is 4. The Labute approximate surface area is 192 Å². The van der Waals surface area contributed by atoms with Gasteiger partial charge in [-0.05, 0) is 73.9 Å². The van der Waals surface area contributed by atoms with Crippen LogP contribution in [0.15, 0.2) is 77.4 Å². The SMILES string of the molecule is CCOC(=O)CCc1ccc(-c2ccc(-c3ccco3)cc2)n1-c1ccc(C(N)=O)cc1C. The first kappa shape index (κ1) is 22.1. The van der Waals surface area contributed by atoms with Crippen molar-refractivity contribution in [2.24, 2.45) is 5.73 Å². The van der Waals surface area contributed by atoms with E-state index in [0.29, 0.717) is 18.6 Å². The summed E-state index contributed by atoms with van der Waals surface area (Å²) < 4.78 is 12.7. The van der Waals surface area contributed by atoms with E-state index in [4.69, 9.17) is 14.9 Å². The summed E-state index contributed by atoms with van der Waals surface area (Å²) in [4.78, 5) is 23.6. The highest BCUT2D eigenvalue weighted by Gasteiger charge is 2.16. The number of carbonyl (C=O) groups is 2. The van der Waals surface area contributed by atoms with Crippen LogP contribution in [0.3, 0.4) is 0 Å². The molecule has 0 fully saturated rings. The van der Waals surface area contributed by atoms with Crippen molar-refractivity contribution in [1.29, 1.82) is 0 Å².